The van der Waals surface area contributed by atoms with Crippen molar-refractivity contribution in [2.45, 2.75) is 59.5 Å². The van der Waals surface area contributed by atoms with Crippen molar-refractivity contribution in [2.75, 3.05) is 13.1 Å². The number of amides is 2. The lowest BCUT2D eigenvalue weighted by atomic mass is 9.85. The topological polar surface area (TPSA) is 105 Å². The van der Waals surface area contributed by atoms with Gasteiger partial charge in [-0.2, -0.15) is 0 Å². The third kappa shape index (κ3) is 12.0. The summed E-state index contributed by atoms with van der Waals surface area (Å²) >= 11 is 0. The van der Waals surface area contributed by atoms with Gasteiger partial charge < -0.3 is 20.5 Å². The van der Waals surface area contributed by atoms with Crippen LogP contribution in [0.4, 0.5) is 4.79 Å². The lowest BCUT2D eigenvalue weighted by molar-refractivity contribution is -0.139. The van der Waals surface area contributed by atoms with Gasteiger partial charge in [-0.15, -0.1) is 0 Å². The number of alkyl carbamates (subject to hydrolysis) is 1. The third-order valence-electron chi connectivity index (χ3n) is 2.61. The summed E-state index contributed by atoms with van der Waals surface area (Å²) in [6, 6.07) is 0. The van der Waals surface area contributed by atoms with Crippen LogP contribution in [0.25, 0.3) is 0 Å². The number of carbonyl (C=O) groups is 3. The van der Waals surface area contributed by atoms with Gasteiger partial charge in [0.1, 0.15) is 5.60 Å². The lowest BCUT2D eigenvalue weighted by Crippen LogP contribution is -2.35. The van der Waals surface area contributed by atoms with Crippen LogP contribution in [0.2, 0.25) is 0 Å². The van der Waals surface area contributed by atoms with Crippen molar-refractivity contribution in [1.29, 1.82) is 0 Å². The van der Waals surface area contributed by atoms with Gasteiger partial charge in [0, 0.05) is 19.5 Å². The van der Waals surface area contributed by atoms with Gasteiger partial charge in [-0.1, -0.05) is 13.8 Å². The van der Waals surface area contributed by atoms with Crippen LogP contribution in [0.1, 0.15) is 53.9 Å². The molecule has 7 nitrogen and oxygen atoms in total. The maximum absolute atomic E-state index is 11.7. The van der Waals surface area contributed by atoms with Gasteiger partial charge >= 0.3 is 12.1 Å². The zero-order chi connectivity index (χ0) is 17.4. The Hall–Kier alpha value is -1.79. The number of aliphatic carboxylic acids is 1. The first-order valence-corrected chi connectivity index (χ1v) is 7.37. The Kier molecular flexibility index (Phi) is 7.90. The molecule has 0 aromatic heterocycles. The second-order valence-corrected chi connectivity index (χ2v) is 7.04. The van der Waals surface area contributed by atoms with E-state index in [1.54, 1.807) is 34.6 Å². The minimum atomic E-state index is -0.917. The molecule has 3 N–H and O–H groups in total. The van der Waals surface area contributed by atoms with Crippen LogP contribution in [-0.2, 0) is 14.3 Å². The molecule has 0 unspecified atom stereocenters. The minimum Gasteiger partial charge on any atom is -0.481 e. The van der Waals surface area contributed by atoms with Crippen LogP contribution >= 0.6 is 0 Å². The monoisotopic (exact) mass is 316 g/mol. The summed E-state index contributed by atoms with van der Waals surface area (Å²) < 4.78 is 5.08. The van der Waals surface area contributed by atoms with Gasteiger partial charge in [0.05, 0.1) is 6.42 Å². The molecule has 128 valence electrons. The van der Waals surface area contributed by atoms with Gasteiger partial charge in [0.25, 0.3) is 0 Å². The predicted octanol–water partition coefficient (Wildman–Crippen LogP) is 1.91. The molecule has 0 heterocycles. The van der Waals surface area contributed by atoms with Crippen LogP contribution < -0.4 is 10.6 Å². The summed E-state index contributed by atoms with van der Waals surface area (Å²) in [5, 5.41) is 14.1. The summed E-state index contributed by atoms with van der Waals surface area (Å²) in [4.78, 5) is 33.8. The highest BCUT2D eigenvalue weighted by molar-refractivity contribution is 5.77. The van der Waals surface area contributed by atoms with E-state index < -0.39 is 23.1 Å². The molecule has 0 saturated heterocycles. The fraction of sp³-hybridized carbons (Fsp3) is 0.800. The number of carboxylic acid groups (broad SMARTS) is 1. The van der Waals surface area contributed by atoms with Crippen molar-refractivity contribution in [3.63, 3.8) is 0 Å². The number of ether oxygens (including phenoxy) is 1. The van der Waals surface area contributed by atoms with Crippen molar-refractivity contribution in [3.05, 3.63) is 0 Å². The van der Waals surface area contributed by atoms with Gasteiger partial charge in [-0.3, -0.25) is 9.59 Å². The molecule has 0 aromatic rings. The Labute approximate surface area is 131 Å². The summed E-state index contributed by atoms with van der Waals surface area (Å²) in [6.45, 7) is 9.64. The van der Waals surface area contributed by atoms with E-state index in [2.05, 4.69) is 10.6 Å². The largest absolute Gasteiger partial charge is 0.481 e. The fourth-order valence-corrected chi connectivity index (χ4v) is 1.79. The molecule has 2 amide bonds. The molecular formula is C15H28N2O5. The second-order valence-electron chi connectivity index (χ2n) is 7.04. The fourth-order valence-electron chi connectivity index (χ4n) is 1.79. The van der Waals surface area contributed by atoms with Crippen molar-refractivity contribution < 1.29 is 24.2 Å². The second kappa shape index (κ2) is 8.60. The first-order valence-electron chi connectivity index (χ1n) is 7.37. The highest BCUT2D eigenvalue weighted by Gasteiger charge is 2.24. The van der Waals surface area contributed by atoms with Gasteiger partial charge in [-0.25, -0.2) is 4.79 Å². The average molecular weight is 316 g/mol. The molecule has 0 atom stereocenters. The Balaban J connectivity index is 3.82. The Bertz CT molecular complexity index is 399. The highest BCUT2D eigenvalue weighted by Crippen LogP contribution is 2.24. The van der Waals surface area contributed by atoms with Crippen molar-refractivity contribution in [2.24, 2.45) is 5.41 Å². The lowest BCUT2D eigenvalue weighted by Gasteiger charge is -2.21. The van der Waals surface area contributed by atoms with Crippen molar-refractivity contribution >= 4 is 18.0 Å². The zero-order valence-electron chi connectivity index (χ0n) is 14.1. The van der Waals surface area contributed by atoms with Gasteiger partial charge in [-0.05, 0) is 32.6 Å². The molecule has 0 saturated carbocycles. The van der Waals surface area contributed by atoms with E-state index in [9.17, 15) is 14.4 Å². The summed E-state index contributed by atoms with van der Waals surface area (Å²) in [7, 11) is 0. The Morgan fingerprint density at radius 3 is 2.00 bits per heavy atom. The molecule has 0 aliphatic carbocycles. The van der Waals surface area contributed by atoms with Gasteiger partial charge in [0.2, 0.25) is 5.91 Å². The molecule has 0 aromatic carbocycles. The first kappa shape index (κ1) is 20.2. The summed E-state index contributed by atoms with van der Waals surface area (Å²) in [5.41, 5.74) is -1.11. The SMILES string of the molecule is CC(C)(CC(=O)O)CC(=O)NCCCNC(=O)OC(C)(C)C. The molecular weight excluding hydrogens is 288 g/mol. The Morgan fingerprint density at radius 2 is 1.50 bits per heavy atom. The molecule has 0 spiro atoms. The van der Waals surface area contributed by atoms with Crippen LogP contribution in [0.5, 0.6) is 0 Å². The van der Waals surface area contributed by atoms with E-state index in [-0.39, 0.29) is 18.7 Å². The zero-order valence-corrected chi connectivity index (χ0v) is 14.1. The van der Waals surface area contributed by atoms with E-state index in [4.69, 9.17) is 9.84 Å². The smallest absolute Gasteiger partial charge is 0.407 e. The van der Waals surface area contributed by atoms with Crippen molar-refractivity contribution in [3.8, 4) is 0 Å². The van der Waals surface area contributed by atoms with Crippen LogP contribution in [-0.4, -0.2) is 41.8 Å². The maximum Gasteiger partial charge on any atom is 0.407 e. The molecule has 0 radical (unpaired) electrons. The van der Waals surface area contributed by atoms with E-state index in [0.29, 0.717) is 19.5 Å². The molecule has 0 aliphatic heterocycles. The number of hydrogen-bond acceptors (Lipinski definition) is 4. The minimum absolute atomic E-state index is 0.0549. The van der Waals surface area contributed by atoms with E-state index in [1.807, 2.05) is 0 Å². The predicted molar refractivity (Wildman–Crippen MR) is 82.5 cm³/mol. The normalized spacial score (nSPS) is 11.7. The highest BCUT2D eigenvalue weighted by atomic mass is 16.6. The molecule has 0 rings (SSSR count). The third-order valence-corrected chi connectivity index (χ3v) is 2.61. The molecule has 0 fully saturated rings. The standard InChI is InChI=1S/C15H28N2O5/c1-14(2,3)22-13(21)17-8-6-7-16-11(18)9-15(4,5)10-12(19)20/h6-10H2,1-5H3,(H,16,18)(H,17,21)(H,19,20). The van der Waals surface area contributed by atoms with Gasteiger partial charge in [0.15, 0.2) is 0 Å². The molecule has 7 heteroatoms. The van der Waals surface area contributed by atoms with Crippen LogP contribution in [0.3, 0.4) is 0 Å². The van der Waals surface area contributed by atoms with Crippen LogP contribution in [0, 0.1) is 5.41 Å². The Morgan fingerprint density at radius 1 is 0.955 bits per heavy atom. The number of hydrogen-bond donors (Lipinski definition) is 3. The number of carbonyl (C=O) groups excluding carboxylic acids is 2. The average Bonchev–Trinajstić information content (AvgIpc) is 2.22. The number of nitrogens with one attached hydrogen (secondary N) is 2. The molecule has 22 heavy (non-hydrogen) atoms. The quantitative estimate of drug-likeness (QED) is 0.593. The number of rotatable bonds is 8. The molecule has 0 aliphatic rings. The maximum atomic E-state index is 11.7. The first-order chi connectivity index (χ1) is 9.91. The van der Waals surface area contributed by atoms with Crippen molar-refractivity contribution in [1.82, 2.24) is 10.6 Å². The molecule has 0 bridgehead atoms. The summed E-state index contributed by atoms with van der Waals surface area (Å²) in [6.07, 6.45) is 0.186. The van der Waals surface area contributed by atoms with Crippen LogP contribution in [0.15, 0.2) is 0 Å². The number of carboxylic acids is 1. The van der Waals surface area contributed by atoms with E-state index >= 15 is 0 Å². The van der Waals surface area contributed by atoms with E-state index in [0.717, 1.165) is 0 Å². The summed E-state index contributed by atoms with van der Waals surface area (Å²) in [5.74, 6) is -1.11. The van der Waals surface area contributed by atoms with E-state index in [1.165, 1.54) is 0 Å².